The summed E-state index contributed by atoms with van der Waals surface area (Å²) in [6.45, 7) is 6.97. The maximum atomic E-state index is 12.8. The molecule has 2 rings (SSSR count). The van der Waals surface area contributed by atoms with Gasteiger partial charge in [0.05, 0.1) is 16.1 Å². The molecule has 0 N–H and O–H groups in total. The number of halogens is 3. The fraction of sp³-hybridized carbons (Fsp3) is 0.684. The van der Waals surface area contributed by atoms with Crippen LogP contribution in [0.1, 0.15) is 38.7 Å². The van der Waals surface area contributed by atoms with Crippen LogP contribution in [0.4, 0.5) is 13.2 Å². The second-order valence-corrected chi connectivity index (χ2v) is 9.80. The Morgan fingerprint density at radius 2 is 1.81 bits per heavy atom. The van der Waals surface area contributed by atoms with Crippen molar-refractivity contribution >= 4 is 9.84 Å². The molecule has 0 amide bonds. The van der Waals surface area contributed by atoms with E-state index < -0.39 is 27.2 Å². The van der Waals surface area contributed by atoms with Crippen LogP contribution in [0.25, 0.3) is 0 Å². The van der Waals surface area contributed by atoms with Crippen LogP contribution < -0.4 is 0 Å². The van der Waals surface area contributed by atoms with Gasteiger partial charge in [0.1, 0.15) is 0 Å². The first-order chi connectivity index (χ1) is 12.0. The van der Waals surface area contributed by atoms with Gasteiger partial charge in [-0.1, -0.05) is 19.1 Å². The van der Waals surface area contributed by atoms with Gasteiger partial charge in [0.15, 0.2) is 9.84 Å². The maximum Gasteiger partial charge on any atom is 0.391 e. The SMILES string of the molecule is Cc1cccc(S(=O)(=O)[C@@H](C)[C@H](C)CCN2CCC(C(F)(F)F)CC2)c1. The summed E-state index contributed by atoms with van der Waals surface area (Å²) < 4.78 is 63.8. The average Bonchev–Trinajstić information content (AvgIpc) is 2.58. The van der Waals surface area contributed by atoms with Crippen LogP contribution in [0.15, 0.2) is 29.2 Å². The molecule has 1 aromatic carbocycles. The molecule has 3 nitrogen and oxygen atoms in total. The van der Waals surface area contributed by atoms with Gasteiger partial charge in [0.25, 0.3) is 0 Å². The molecule has 1 aliphatic heterocycles. The number of likely N-dealkylation sites (tertiary alicyclic amines) is 1. The highest BCUT2D eigenvalue weighted by Gasteiger charge is 2.41. The molecular formula is C19H28F3NO2S. The maximum absolute atomic E-state index is 12.8. The largest absolute Gasteiger partial charge is 0.391 e. The molecule has 1 saturated heterocycles. The molecule has 0 saturated carbocycles. The standard InChI is InChI=1S/C19H28F3NO2S/c1-14-5-4-6-18(13-14)26(24,25)16(3)15(2)7-10-23-11-8-17(9-12-23)19(20,21)22/h4-6,13,15-17H,7-12H2,1-3H3/t15-,16+/m1/s1. The number of nitrogens with zero attached hydrogens (tertiary/aromatic N) is 1. The minimum atomic E-state index is -4.10. The molecule has 148 valence electrons. The second kappa shape index (κ2) is 8.30. The first kappa shape index (κ1) is 21.2. The molecule has 26 heavy (non-hydrogen) atoms. The zero-order valence-corrected chi connectivity index (χ0v) is 16.4. The summed E-state index contributed by atoms with van der Waals surface area (Å²) in [4.78, 5) is 2.35. The number of hydrogen-bond acceptors (Lipinski definition) is 3. The van der Waals surface area contributed by atoms with E-state index in [1.54, 1.807) is 25.1 Å². The Bertz CT molecular complexity index is 695. The Morgan fingerprint density at radius 1 is 1.19 bits per heavy atom. The third-order valence-electron chi connectivity index (χ3n) is 5.56. The normalized spacial score (nSPS) is 20.1. The number of piperidine rings is 1. The summed E-state index contributed by atoms with van der Waals surface area (Å²) in [5.74, 6) is -1.27. The molecule has 7 heteroatoms. The molecule has 1 fully saturated rings. The van der Waals surface area contributed by atoms with Crippen LogP contribution in [0, 0.1) is 18.8 Å². The van der Waals surface area contributed by atoms with Crippen molar-refractivity contribution in [3.8, 4) is 0 Å². The van der Waals surface area contributed by atoms with E-state index in [9.17, 15) is 21.6 Å². The van der Waals surface area contributed by atoms with Crippen molar-refractivity contribution in [2.24, 2.45) is 11.8 Å². The van der Waals surface area contributed by atoms with Crippen LogP contribution in [0.5, 0.6) is 0 Å². The van der Waals surface area contributed by atoms with Gasteiger partial charge in [0, 0.05) is 0 Å². The van der Waals surface area contributed by atoms with E-state index in [1.165, 1.54) is 0 Å². The minimum absolute atomic E-state index is 0.0687. The number of alkyl halides is 3. The van der Waals surface area contributed by atoms with Crippen molar-refractivity contribution in [1.82, 2.24) is 4.90 Å². The summed E-state index contributed by atoms with van der Waals surface area (Å²) in [7, 11) is -3.41. The van der Waals surface area contributed by atoms with Crippen LogP contribution >= 0.6 is 0 Å². The highest BCUT2D eigenvalue weighted by Crippen LogP contribution is 2.34. The van der Waals surface area contributed by atoms with Crippen molar-refractivity contribution in [1.29, 1.82) is 0 Å². The van der Waals surface area contributed by atoms with Gasteiger partial charge in [-0.3, -0.25) is 0 Å². The fourth-order valence-corrected chi connectivity index (χ4v) is 5.21. The van der Waals surface area contributed by atoms with Crippen molar-refractivity contribution in [3.63, 3.8) is 0 Å². The van der Waals surface area contributed by atoms with Gasteiger partial charge in [-0.05, 0) is 76.4 Å². The van der Waals surface area contributed by atoms with Crippen molar-refractivity contribution in [3.05, 3.63) is 29.8 Å². The zero-order chi connectivity index (χ0) is 19.5. The summed E-state index contributed by atoms with van der Waals surface area (Å²) >= 11 is 0. The molecule has 0 spiro atoms. The van der Waals surface area contributed by atoms with E-state index in [1.807, 2.05) is 24.8 Å². The summed E-state index contributed by atoms with van der Waals surface area (Å²) in [6, 6.07) is 6.90. The van der Waals surface area contributed by atoms with Gasteiger partial charge in [-0.2, -0.15) is 13.2 Å². The highest BCUT2D eigenvalue weighted by molar-refractivity contribution is 7.92. The summed E-state index contributed by atoms with van der Waals surface area (Å²) in [5, 5.41) is -0.531. The van der Waals surface area contributed by atoms with E-state index in [-0.39, 0.29) is 18.8 Å². The first-order valence-corrected chi connectivity index (χ1v) is 10.7. The predicted molar refractivity (Wildman–Crippen MR) is 96.8 cm³/mol. The molecule has 2 atom stereocenters. The molecule has 0 aliphatic carbocycles. The molecule has 1 aliphatic rings. The molecule has 1 aromatic rings. The molecule has 0 aromatic heterocycles. The second-order valence-electron chi connectivity index (χ2n) is 7.49. The lowest BCUT2D eigenvalue weighted by molar-refractivity contribution is -0.185. The Hall–Kier alpha value is -1.08. The molecule has 0 radical (unpaired) electrons. The molecule has 0 unspecified atom stereocenters. The number of hydrogen-bond donors (Lipinski definition) is 0. The lowest BCUT2D eigenvalue weighted by atomic mass is 9.95. The molecule has 1 heterocycles. The third-order valence-corrected chi connectivity index (χ3v) is 7.91. The van der Waals surface area contributed by atoms with Gasteiger partial charge in [0.2, 0.25) is 0 Å². The van der Waals surface area contributed by atoms with Crippen LogP contribution in [0.2, 0.25) is 0 Å². The van der Waals surface area contributed by atoms with Gasteiger partial charge in [-0.15, -0.1) is 0 Å². The van der Waals surface area contributed by atoms with Crippen molar-refractivity contribution < 1.29 is 21.6 Å². The van der Waals surface area contributed by atoms with Crippen LogP contribution in [-0.4, -0.2) is 44.4 Å². The average molecular weight is 391 g/mol. The van der Waals surface area contributed by atoms with Gasteiger partial charge in [-0.25, -0.2) is 8.42 Å². The number of rotatable bonds is 6. The van der Waals surface area contributed by atoms with Crippen molar-refractivity contribution in [2.45, 2.75) is 56.4 Å². The van der Waals surface area contributed by atoms with E-state index in [4.69, 9.17) is 0 Å². The van der Waals surface area contributed by atoms with E-state index in [2.05, 4.69) is 0 Å². The van der Waals surface area contributed by atoms with Crippen LogP contribution in [0.3, 0.4) is 0 Å². The van der Waals surface area contributed by atoms with E-state index in [0.29, 0.717) is 31.0 Å². The predicted octanol–water partition coefficient (Wildman–Crippen LogP) is 4.46. The Balaban J connectivity index is 1.89. The van der Waals surface area contributed by atoms with Gasteiger partial charge >= 0.3 is 6.18 Å². The number of sulfone groups is 1. The Morgan fingerprint density at radius 3 is 2.35 bits per heavy atom. The smallest absolute Gasteiger partial charge is 0.303 e. The quantitative estimate of drug-likeness (QED) is 0.719. The highest BCUT2D eigenvalue weighted by atomic mass is 32.2. The summed E-state index contributed by atoms with van der Waals surface area (Å²) in [6.07, 6.45) is -3.18. The minimum Gasteiger partial charge on any atom is -0.303 e. The van der Waals surface area contributed by atoms with Gasteiger partial charge < -0.3 is 4.90 Å². The van der Waals surface area contributed by atoms with E-state index >= 15 is 0 Å². The lowest BCUT2D eigenvalue weighted by Gasteiger charge is -2.33. The van der Waals surface area contributed by atoms with E-state index in [0.717, 1.165) is 5.56 Å². The zero-order valence-electron chi connectivity index (χ0n) is 15.6. The topological polar surface area (TPSA) is 37.4 Å². The summed E-state index contributed by atoms with van der Waals surface area (Å²) in [5.41, 5.74) is 0.901. The Kier molecular flexibility index (Phi) is 6.77. The Labute approximate surface area is 154 Å². The monoisotopic (exact) mass is 391 g/mol. The number of aryl methyl sites for hydroxylation is 1. The fourth-order valence-electron chi connectivity index (χ4n) is 3.42. The number of benzene rings is 1. The molecule has 0 bridgehead atoms. The van der Waals surface area contributed by atoms with Crippen molar-refractivity contribution in [2.75, 3.05) is 19.6 Å². The molecular weight excluding hydrogens is 363 g/mol. The first-order valence-electron chi connectivity index (χ1n) is 9.11. The third kappa shape index (κ3) is 5.22. The van der Waals surface area contributed by atoms with Crippen LogP contribution in [-0.2, 0) is 9.84 Å². The lowest BCUT2D eigenvalue weighted by Crippen LogP contribution is -2.40.